The number of benzene rings is 2. The third-order valence-electron chi connectivity index (χ3n) is 23.8. The van der Waals surface area contributed by atoms with E-state index in [1.165, 1.54) is 56.5 Å². The van der Waals surface area contributed by atoms with Crippen LogP contribution < -0.4 is 85.1 Å². The van der Waals surface area contributed by atoms with Crippen molar-refractivity contribution in [1.29, 1.82) is 0 Å². The Labute approximate surface area is 780 Å². The molecular formula is C89H104N32O7S4. The van der Waals surface area contributed by atoms with E-state index in [1.807, 2.05) is 118 Å². The summed E-state index contributed by atoms with van der Waals surface area (Å²) in [6, 6.07) is 16.0. The highest BCUT2D eigenvalue weighted by molar-refractivity contribution is 7.17. The molecule has 2 fully saturated rings. The van der Waals surface area contributed by atoms with E-state index in [-0.39, 0.29) is 29.5 Å². The molecule has 20 rings (SSSR count). The van der Waals surface area contributed by atoms with Crippen molar-refractivity contribution in [3.8, 4) is 11.5 Å². The topological polar surface area (TPSA) is 387 Å². The van der Waals surface area contributed by atoms with Crippen LogP contribution in [0.4, 0.5) is 130 Å². The second-order valence-electron chi connectivity index (χ2n) is 32.5. The van der Waals surface area contributed by atoms with Crippen LogP contribution in [0.2, 0.25) is 0 Å². The number of likely N-dealkylation sites (N-methyl/N-ethyl adjacent to an activating group) is 3. The maximum atomic E-state index is 13.1. The molecule has 0 aliphatic carbocycles. The highest BCUT2D eigenvalue weighted by Gasteiger charge is 2.39. The molecule has 0 bridgehead atoms. The van der Waals surface area contributed by atoms with Crippen molar-refractivity contribution in [3.05, 3.63) is 145 Å². The Morgan fingerprint density at radius 2 is 0.795 bits per heavy atom. The second kappa shape index (κ2) is 38.1. The lowest BCUT2D eigenvalue weighted by molar-refractivity contribution is -0.116. The Balaban J connectivity index is 0.000000123. The number of piperazine rings is 2. The molecular weight excluding hydrogens is 1760 g/mol. The van der Waals surface area contributed by atoms with Crippen molar-refractivity contribution < 1.29 is 33.4 Å². The number of anilines is 23. The molecule has 2 saturated heterocycles. The Kier molecular flexibility index (Phi) is 26.1. The molecule has 0 radical (unpaired) electrons. The van der Waals surface area contributed by atoms with Crippen LogP contribution in [0.3, 0.4) is 0 Å². The highest BCUT2D eigenvalue weighted by atomic mass is 32.1. The largest absolute Gasteiger partial charge is 0.495 e. The van der Waals surface area contributed by atoms with Gasteiger partial charge in [0.25, 0.3) is 23.6 Å². The van der Waals surface area contributed by atoms with Gasteiger partial charge in [-0.1, -0.05) is 0 Å². The third kappa shape index (κ3) is 18.1. The van der Waals surface area contributed by atoms with Crippen LogP contribution in [0, 0.1) is 27.7 Å². The predicted molar refractivity (Wildman–Crippen MR) is 521 cm³/mol. The van der Waals surface area contributed by atoms with Crippen molar-refractivity contribution >= 4 is 205 Å². The van der Waals surface area contributed by atoms with E-state index in [1.54, 1.807) is 86.8 Å². The van der Waals surface area contributed by atoms with Gasteiger partial charge in [-0.05, 0) is 149 Å². The number of methoxy groups -OCH3 is 2. The summed E-state index contributed by atoms with van der Waals surface area (Å²) in [5.41, 5.74) is 12.6. The van der Waals surface area contributed by atoms with Crippen molar-refractivity contribution in [3.63, 3.8) is 0 Å². The number of rotatable bonds is 16. The van der Waals surface area contributed by atoms with E-state index in [9.17, 15) is 24.0 Å². The molecule has 0 unspecified atom stereocenters. The van der Waals surface area contributed by atoms with Gasteiger partial charge < -0.3 is 99.8 Å². The molecule has 686 valence electrons. The lowest BCUT2D eigenvalue weighted by Crippen LogP contribution is -2.44. The summed E-state index contributed by atoms with van der Waals surface area (Å²) in [7, 11) is 16.6. The van der Waals surface area contributed by atoms with Crippen LogP contribution in [0.15, 0.2) is 85.7 Å². The van der Waals surface area contributed by atoms with Gasteiger partial charge >= 0.3 is 0 Å². The number of aromatic nitrogens is 14. The van der Waals surface area contributed by atoms with Gasteiger partial charge in [0.2, 0.25) is 29.7 Å². The third-order valence-corrected chi connectivity index (χ3v) is 27.8. The number of hydrogen-bond acceptors (Lipinski definition) is 38. The van der Waals surface area contributed by atoms with Crippen molar-refractivity contribution in [2.75, 3.05) is 224 Å². The molecule has 0 saturated carbocycles. The summed E-state index contributed by atoms with van der Waals surface area (Å²) in [6.45, 7) is 28.2. The van der Waals surface area contributed by atoms with Gasteiger partial charge in [-0.25, -0.2) is 49.8 Å². The molecule has 5 amide bonds. The fourth-order valence-corrected chi connectivity index (χ4v) is 20.5. The first-order valence-electron chi connectivity index (χ1n) is 43.5. The number of pyridine rings is 2. The van der Waals surface area contributed by atoms with E-state index in [4.69, 9.17) is 29.4 Å². The summed E-state index contributed by atoms with van der Waals surface area (Å²) in [5, 5.41) is 22.5. The Morgan fingerprint density at radius 3 is 1.22 bits per heavy atom. The number of ether oxygens (including phenoxy) is 2. The quantitative estimate of drug-likeness (QED) is 0.0600. The number of nitrogens with zero attached hydrogens (tertiary/aromatic N) is 27. The summed E-state index contributed by atoms with van der Waals surface area (Å²) in [4.78, 5) is 154. The normalized spacial score (nSPS) is 15.8. The Morgan fingerprint density at radius 1 is 0.379 bits per heavy atom. The summed E-state index contributed by atoms with van der Waals surface area (Å²) in [6.07, 6.45) is 12.6. The first kappa shape index (κ1) is 90.4. The molecule has 10 aromatic heterocycles. The van der Waals surface area contributed by atoms with Crippen LogP contribution >= 0.6 is 45.3 Å². The zero-order chi connectivity index (χ0) is 92.8. The van der Waals surface area contributed by atoms with Crippen LogP contribution in [0.1, 0.15) is 113 Å². The van der Waals surface area contributed by atoms with Gasteiger partial charge in [0.05, 0.1) is 88.5 Å². The lowest BCUT2D eigenvalue weighted by atomic mass is 9.99. The average Bonchev–Trinajstić information content (AvgIpc) is 1.62. The van der Waals surface area contributed by atoms with E-state index in [0.717, 1.165) is 152 Å². The first-order valence-corrected chi connectivity index (χ1v) is 46.8. The smallest absolute Gasteiger partial charge is 0.279 e. The van der Waals surface area contributed by atoms with Crippen molar-refractivity contribution in [2.24, 2.45) is 0 Å². The maximum absolute atomic E-state index is 13.1. The SMILES string of the molecule is CCN1c2nc(Nc3cc4c(cc3OC)CCN(C)C4)ncc2N(C)C(=O)c2nc(C)sc21.CCN1c2nc(Nc3ccc(N4CCN(C)CC4)cn3)ncc2N(C)C(=O)c2nc(C)sc21.CCN1c2nc(Nc3ccc4c(c3)CCC(=O)N4)ncc2N(C)C(=O)c2nc(C)sc21.CCN1c2nc(Nc3ncc(N4CCN(C)CC4)cc3OC)ncc2N(C)C(=O)c2nc(C)sc21. The summed E-state index contributed by atoms with van der Waals surface area (Å²) in [5.74, 6) is 6.26. The standard InChI is InChI=1S/C23H29N9O2S.C23H27N7O2S.C22H27N9OS.C21H21N7O2S/c1-6-32-20-16(30(4)21(33)18-22(32)35-14(2)26-18)13-25-23(28-20)27-19-17(34-5)11-15(12-24-19)31-9-7-29(3)8-10-31;1-6-30-20-17(29(4)21(31)19-22(30)33-13(2)25-19)11-24-23(27-20)26-16-9-15-12-28(3)8-7-14(15)10-18(16)32-5;1-5-31-19-16(29(4)20(32)18-21(31)33-14(2)25-18)13-24-22(27-19)26-17-7-6-15(12-23-17)30-10-8-28(3)9-11-30;1-4-28-18-15(27(3)19(30)17-20(28)31-11(2)23-17)10-22-21(26-18)24-13-6-7-14-12(9-13)5-8-16(29)25-14/h11-13H,6-10H2,1-5H3,(H,24,25,27,28);9-11H,6-8,12H2,1-5H3,(H,24,26,27);6-7,12-13H,5,8-11H2,1-4H3,(H,23,24,26,27);6-7,9-10H,4-5,8H2,1-3H3,(H,25,29)(H,22,24,26). The number of amides is 5. The zero-order valence-corrected chi connectivity index (χ0v) is 79.9. The predicted octanol–water partition coefficient (Wildman–Crippen LogP) is 13.1. The van der Waals surface area contributed by atoms with Crippen LogP contribution in [-0.2, 0) is 24.2 Å². The minimum Gasteiger partial charge on any atom is -0.495 e. The number of carbonyl (C=O) groups excluding carboxylic acids is 5. The minimum atomic E-state index is -0.173. The van der Waals surface area contributed by atoms with Crippen molar-refractivity contribution in [2.45, 2.75) is 81.2 Å². The van der Waals surface area contributed by atoms with Gasteiger partial charge in [-0.2, -0.15) is 19.9 Å². The number of nitrogens with one attached hydrogen (secondary N) is 5. The van der Waals surface area contributed by atoms with Gasteiger partial charge in [-0.3, -0.25) is 24.0 Å². The Bertz CT molecular complexity index is 6410. The monoisotopic (exact) mass is 1860 g/mol. The second-order valence-corrected chi connectivity index (χ2v) is 37.3. The van der Waals surface area contributed by atoms with Gasteiger partial charge in [-0.15, -0.1) is 45.3 Å². The van der Waals surface area contributed by atoms with Crippen LogP contribution in [-0.4, -0.2) is 263 Å². The number of hydrogen-bond donors (Lipinski definition) is 5. The molecule has 2 aromatic carbocycles. The first-order chi connectivity index (χ1) is 63.7. The zero-order valence-electron chi connectivity index (χ0n) is 76.7. The van der Waals surface area contributed by atoms with Gasteiger partial charge in [0.15, 0.2) is 57.6 Å². The van der Waals surface area contributed by atoms with Crippen LogP contribution in [0.5, 0.6) is 11.5 Å². The molecule has 8 aliphatic rings. The number of aryl methyl sites for hydroxylation is 5. The van der Waals surface area contributed by atoms with E-state index < -0.39 is 0 Å². The van der Waals surface area contributed by atoms with E-state index in [0.29, 0.717) is 149 Å². The molecule has 0 spiro atoms. The molecule has 43 heteroatoms. The molecule has 18 heterocycles. The number of carbonyl (C=O) groups is 5. The minimum absolute atomic E-state index is 0.0401. The van der Waals surface area contributed by atoms with Gasteiger partial charge in [0, 0.05) is 144 Å². The molecule has 5 N–H and O–H groups in total. The lowest BCUT2D eigenvalue weighted by Gasteiger charge is -2.34. The fourth-order valence-electron chi connectivity index (χ4n) is 16.6. The molecule has 0 atom stereocenters. The summed E-state index contributed by atoms with van der Waals surface area (Å²) >= 11 is 5.96. The maximum Gasteiger partial charge on any atom is 0.279 e. The van der Waals surface area contributed by atoms with E-state index in [2.05, 4.69) is 140 Å². The van der Waals surface area contributed by atoms with Crippen molar-refractivity contribution in [1.82, 2.24) is 84.5 Å². The molecule has 132 heavy (non-hydrogen) atoms. The van der Waals surface area contributed by atoms with E-state index >= 15 is 0 Å². The molecule has 8 aliphatic heterocycles. The van der Waals surface area contributed by atoms with Crippen LogP contribution in [0.25, 0.3) is 0 Å². The molecule has 39 nitrogen and oxygen atoms in total. The average molecular weight is 1860 g/mol. The highest BCUT2D eigenvalue weighted by Crippen LogP contribution is 2.48. The number of fused-ring (bicyclic) bond motifs is 10. The fraction of sp³-hybridized carbons (Fsp3) is 0.382. The van der Waals surface area contributed by atoms with Gasteiger partial charge in [0.1, 0.15) is 54.3 Å². The Hall–Kier alpha value is -13.6. The molecule has 12 aromatic rings. The summed E-state index contributed by atoms with van der Waals surface area (Å²) < 4.78 is 11.3. The number of thiazole rings is 4.